The minimum Gasteiger partial charge on any atom is -0.354 e. The van der Waals surface area contributed by atoms with Crippen LogP contribution in [0.25, 0.3) is 0 Å². The number of rotatable bonds is 13. The number of hydrogen-bond acceptors (Lipinski definition) is 4. The second-order valence-electron chi connectivity index (χ2n) is 11.3. The van der Waals surface area contributed by atoms with Gasteiger partial charge >= 0.3 is 0 Å². The zero-order valence-corrected chi connectivity index (χ0v) is 27.8. The molecule has 0 aliphatic rings. The summed E-state index contributed by atoms with van der Waals surface area (Å²) in [4.78, 5) is 29.8. The number of hydrogen-bond donors (Lipinski definition) is 1. The SMILES string of the molecule is Cc1ccc(S(=O)(=O)N(CC(=O)N(Cc2ccc(Cl)c(Cl)c2)C(Cc2ccccc2)C(=O)NCC(C)C)c2ccccc2)cc1. The second-order valence-corrected chi connectivity index (χ2v) is 14.0. The largest absolute Gasteiger partial charge is 0.354 e. The summed E-state index contributed by atoms with van der Waals surface area (Å²) < 4.78 is 29.2. The number of halogens is 2. The van der Waals surface area contributed by atoms with E-state index in [1.54, 1.807) is 60.7 Å². The van der Waals surface area contributed by atoms with Crippen molar-refractivity contribution >= 4 is 50.7 Å². The van der Waals surface area contributed by atoms with Gasteiger partial charge in [-0.05, 0) is 60.4 Å². The van der Waals surface area contributed by atoms with Crippen molar-refractivity contribution in [3.05, 3.63) is 130 Å². The average molecular weight is 667 g/mol. The molecule has 4 aromatic carbocycles. The first-order valence-electron chi connectivity index (χ1n) is 14.6. The van der Waals surface area contributed by atoms with E-state index in [0.29, 0.717) is 27.8 Å². The highest BCUT2D eigenvalue weighted by atomic mass is 35.5. The molecule has 4 aromatic rings. The van der Waals surface area contributed by atoms with Crippen molar-refractivity contribution < 1.29 is 18.0 Å². The highest BCUT2D eigenvalue weighted by Crippen LogP contribution is 2.27. The molecule has 236 valence electrons. The summed E-state index contributed by atoms with van der Waals surface area (Å²) in [6.45, 7) is 5.71. The van der Waals surface area contributed by atoms with Crippen LogP contribution in [-0.4, -0.2) is 44.3 Å². The standard InChI is InChI=1S/C35H37Cl2N3O4S/c1-25(2)22-38-35(42)33(21-27-10-6-4-7-11-27)39(23-28-16-19-31(36)32(37)20-28)34(41)24-40(29-12-8-5-9-13-29)45(43,44)30-17-14-26(3)15-18-30/h4-20,25,33H,21-24H2,1-3H3,(H,38,42). The van der Waals surface area contributed by atoms with Gasteiger partial charge in [-0.25, -0.2) is 8.42 Å². The fourth-order valence-corrected chi connectivity index (χ4v) is 6.51. The first-order chi connectivity index (χ1) is 21.5. The Kier molecular flexibility index (Phi) is 11.7. The third kappa shape index (κ3) is 9.10. The average Bonchev–Trinajstić information content (AvgIpc) is 3.03. The van der Waals surface area contributed by atoms with Gasteiger partial charge in [0.15, 0.2) is 0 Å². The van der Waals surface area contributed by atoms with Gasteiger partial charge in [0.25, 0.3) is 10.0 Å². The van der Waals surface area contributed by atoms with Gasteiger partial charge in [0, 0.05) is 19.5 Å². The molecule has 1 unspecified atom stereocenters. The molecular formula is C35H37Cl2N3O4S. The maximum Gasteiger partial charge on any atom is 0.264 e. The summed E-state index contributed by atoms with van der Waals surface area (Å²) >= 11 is 12.5. The summed E-state index contributed by atoms with van der Waals surface area (Å²) in [5.74, 6) is -0.714. The van der Waals surface area contributed by atoms with E-state index < -0.39 is 28.5 Å². The fourth-order valence-electron chi connectivity index (χ4n) is 4.77. The van der Waals surface area contributed by atoms with E-state index in [-0.39, 0.29) is 29.7 Å². The van der Waals surface area contributed by atoms with Gasteiger partial charge in [0.1, 0.15) is 12.6 Å². The molecule has 0 bridgehead atoms. The summed E-state index contributed by atoms with van der Waals surface area (Å²) in [7, 11) is -4.16. The molecule has 1 atom stereocenters. The predicted molar refractivity (Wildman–Crippen MR) is 181 cm³/mol. The van der Waals surface area contributed by atoms with Crippen LogP contribution in [0, 0.1) is 12.8 Å². The van der Waals surface area contributed by atoms with E-state index in [1.165, 1.54) is 17.0 Å². The number of aryl methyl sites for hydroxylation is 1. The smallest absolute Gasteiger partial charge is 0.264 e. The van der Waals surface area contributed by atoms with Gasteiger partial charge in [-0.1, -0.05) is 109 Å². The van der Waals surface area contributed by atoms with Crippen molar-refractivity contribution in [2.75, 3.05) is 17.4 Å². The van der Waals surface area contributed by atoms with Crippen LogP contribution < -0.4 is 9.62 Å². The van der Waals surface area contributed by atoms with Crippen LogP contribution in [0.2, 0.25) is 10.0 Å². The van der Waals surface area contributed by atoms with Crippen molar-refractivity contribution in [1.82, 2.24) is 10.2 Å². The van der Waals surface area contributed by atoms with E-state index >= 15 is 0 Å². The molecule has 7 nitrogen and oxygen atoms in total. The topological polar surface area (TPSA) is 86.8 Å². The Hall–Kier alpha value is -3.85. The first kappa shape index (κ1) is 34.0. The lowest BCUT2D eigenvalue weighted by Gasteiger charge is -2.34. The lowest BCUT2D eigenvalue weighted by atomic mass is 10.0. The molecule has 45 heavy (non-hydrogen) atoms. The summed E-state index contributed by atoms with van der Waals surface area (Å²) in [5.41, 5.74) is 2.71. The molecular weight excluding hydrogens is 629 g/mol. The third-order valence-electron chi connectivity index (χ3n) is 7.22. The van der Waals surface area contributed by atoms with Crippen molar-refractivity contribution in [1.29, 1.82) is 0 Å². The molecule has 0 aliphatic heterocycles. The zero-order valence-electron chi connectivity index (χ0n) is 25.5. The third-order valence-corrected chi connectivity index (χ3v) is 9.75. The first-order valence-corrected chi connectivity index (χ1v) is 16.8. The minimum atomic E-state index is -4.16. The molecule has 0 fully saturated rings. The Morgan fingerprint density at radius 2 is 1.42 bits per heavy atom. The number of carbonyl (C=O) groups is 2. The Morgan fingerprint density at radius 1 is 0.800 bits per heavy atom. The number of amides is 2. The quantitative estimate of drug-likeness (QED) is 0.168. The highest BCUT2D eigenvalue weighted by Gasteiger charge is 2.34. The summed E-state index contributed by atoms with van der Waals surface area (Å²) in [6, 6.07) is 28.4. The molecule has 0 saturated carbocycles. The Balaban J connectivity index is 1.79. The number of sulfonamides is 1. The van der Waals surface area contributed by atoms with Gasteiger partial charge in [-0.15, -0.1) is 0 Å². The normalized spacial score (nSPS) is 12.0. The van der Waals surface area contributed by atoms with E-state index in [4.69, 9.17) is 23.2 Å². The number of nitrogens with zero attached hydrogens (tertiary/aromatic N) is 2. The van der Waals surface area contributed by atoms with Crippen LogP contribution in [0.15, 0.2) is 108 Å². The monoisotopic (exact) mass is 665 g/mol. The number of carbonyl (C=O) groups excluding carboxylic acids is 2. The Morgan fingerprint density at radius 3 is 2.02 bits per heavy atom. The zero-order chi connectivity index (χ0) is 32.6. The number of nitrogens with one attached hydrogen (secondary N) is 1. The van der Waals surface area contributed by atoms with Gasteiger partial charge in [0.2, 0.25) is 11.8 Å². The van der Waals surface area contributed by atoms with Gasteiger partial charge < -0.3 is 10.2 Å². The van der Waals surface area contributed by atoms with Crippen LogP contribution in [0.1, 0.15) is 30.5 Å². The van der Waals surface area contributed by atoms with Crippen LogP contribution >= 0.6 is 23.2 Å². The van der Waals surface area contributed by atoms with E-state index in [0.717, 1.165) is 15.4 Å². The lowest BCUT2D eigenvalue weighted by molar-refractivity contribution is -0.140. The molecule has 1 N–H and O–H groups in total. The van der Waals surface area contributed by atoms with Crippen molar-refractivity contribution in [3.8, 4) is 0 Å². The molecule has 4 rings (SSSR count). The number of anilines is 1. The van der Waals surface area contributed by atoms with Crippen LogP contribution in [0.3, 0.4) is 0 Å². The molecule has 0 radical (unpaired) electrons. The van der Waals surface area contributed by atoms with E-state index in [2.05, 4.69) is 5.32 Å². The molecule has 0 spiro atoms. The predicted octanol–water partition coefficient (Wildman–Crippen LogP) is 6.91. The molecule has 0 heterocycles. The molecule has 2 amide bonds. The Labute approximate surface area is 275 Å². The van der Waals surface area contributed by atoms with Crippen LogP contribution in [0.5, 0.6) is 0 Å². The van der Waals surface area contributed by atoms with Gasteiger partial charge in [0.05, 0.1) is 20.6 Å². The van der Waals surface area contributed by atoms with Crippen molar-refractivity contribution in [3.63, 3.8) is 0 Å². The van der Waals surface area contributed by atoms with Crippen LogP contribution in [-0.2, 0) is 32.6 Å². The highest BCUT2D eigenvalue weighted by molar-refractivity contribution is 7.92. The maximum atomic E-state index is 14.5. The minimum absolute atomic E-state index is 0.00443. The summed E-state index contributed by atoms with van der Waals surface area (Å²) in [5, 5.41) is 3.64. The molecule has 0 aromatic heterocycles. The maximum absolute atomic E-state index is 14.5. The van der Waals surface area contributed by atoms with Gasteiger partial charge in [-0.2, -0.15) is 0 Å². The van der Waals surface area contributed by atoms with Crippen molar-refractivity contribution in [2.45, 2.75) is 44.7 Å². The van der Waals surface area contributed by atoms with E-state index in [1.807, 2.05) is 51.1 Å². The summed E-state index contributed by atoms with van der Waals surface area (Å²) in [6.07, 6.45) is 0.216. The molecule has 10 heteroatoms. The molecule has 0 aliphatic carbocycles. The lowest BCUT2D eigenvalue weighted by Crippen LogP contribution is -2.53. The Bertz CT molecular complexity index is 1700. The number of para-hydroxylation sites is 1. The fraction of sp³-hybridized carbons (Fsp3) is 0.257. The van der Waals surface area contributed by atoms with Crippen molar-refractivity contribution in [2.24, 2.45) is 5.92 Å². The molecule has 0 saturated heterocycles. The second kappa shape index (κ2) is 15.4. The van der Waals surface area contributed by atoms with E-state index in [9.17, 15) is 18.0 Å². The number of benzene rings is 4. The van der Waals surface area contributed by atoms with Crippen LogP contribution in [0.4, 0.5) is 5.69 Å². The van der Waals surface area contributed by atoms with Gasteiger partial charge in [-0.3, -0.25) is 13.9 Å².